The van der Waals surface area contributed by atoms with Gasteiger partial charge < -0.3 is 4.90 Å². The first-order valence-electron chi connectivity index (χ1n) is 8.80. The molecule has 0 radical (unpaired) electrons. The number of aryl methyl sites for hydroxylation is 3. The Balaban J connectivity index is 1.81. The highest BCUT2D eigenvalue weighted by molar-refractivity contribution is 7.89. The van der Waals surface area contributed by atoms with Crippen LogP contribution in [0.4, 0.5) is 5.69 Å². The Morgan fingerprint density at radius 2 is 1.54 bits per heavy atom. The molecule has 1 aliphatic rings. The fourth-order valence-corrected chi connectivity index (χ4v) is 5.35. The molecule has 2 aromatic rings. The summed E-state index contributed by atoms with van der Waals surface area (Å²) in [6.07, 6.45) is 0. The fourth-order valence-electron chi connectivity index (χ4n) is 3.42. The van der Waals surface area contributed by atoms with E-state index in [0.717, 1.165) is 5.56 Å². The lowest BCUT2D eigenvalue weighted by molar-refractivity contribution is 0.384. The minimum Gasteiger partial charge on any atom is -0.369 e. The summed E-state index contributed by atoms with van der Waals surface area (Å²) < 4.78 is 27.8. The van der Waals surface area contributed by atoms with Gasteiger partial charge in [-0.05, 0) is 68.1 Å². The zero-order chi connectivity index (χ0) is 19.1. The molecule has 0 spiro atoms. The van der Waals surface area contributed by atoms with Gasteiger partial charge in [-0.15, -0.1) is 0 Å². The molecule has 0 amide bonds. The monoisotopic (exact) mass is 392 g/mol. The first kappa shape index (κ1) is 19.2. The summed E-state index contributed by atoms with van der Waals surface area (Å²) in [6.45, 7) is 10.2. The molecule has 2 aromatic carbocycles. The summed E-state index contributed by atoms with van der Waals surface area (Å²) in [5.74, 6) is 0. The maximum Gasteiger partial charge on any atom is 0.243 e. The number of benzene rings is 2. The van der Waals surface area contributed by atoms with E-state index in [1.165, 1.54) is 16.8 Å². The molecule has 1 aliphatic heterocycles. The van der Waals surface area contributed by atoms with Gasteiger partial charge in [0.1, 0.15) is 0 Å². The van der Waals surface area contributed by atoms with Crippen LogP contribution >= 0.6 is 11.6 Å². The van der Waals surface area contributed by atoms with Gasteiger partial charge in [-0.25, -0.2) is 8.42 Å². The van der Waals surface area contributed by atoms with E-state index in [1.54, 1.807) is 23.4 Å². The first-order valence-corrected chi connectivity index (χ1v) is 10.6. The van der Waals surface area contributed by atoms with Crippen LogP contribution in [0.25, 0.3) is 0 Å². The zero-order valence-corrected chi connectivity index (χ0v) is 17.3. The van der Waals surface area contributed by atoms with Crippen LogP contribution in [-0.2, 0) is 10.0 Å². The average molecular weight is 393 g/mol. The minimum atomic E-state index is -3.51. The Hall–Kier alpha value is -1.56. The summed E-state index contributed by atoms with van der Waals surface area (Å²) in [6, 6.07) is 9.69. The van der Waals surface area contributed by atoms with Crippen LogP contribution in [-0.4, -0.2) is 38.9 Å². The van der Waals surface area contributed by atoms with Crippen LogP contribution in [0.15, 0.2) is 35.2 Å². The number of sulfonamides is 1. The number of hydrogen-bond donors (Lipinski definition) is 0. The van der Waals surface area contributed by atoms with Gasteiger partial charge in [0.25, 0.3) is 0 Å². The molecular weight excluding hydrogens is 368 g/mol. The van der Waals surface area contributed by atoms with Gasteiger partial charge in [0.15, 0.2) is 0 Å². The standard InChI is InChI=1S/C20H25ClN2O2S/c1-14-6-5-7-19(17(14)4)22-8-10-23(11-9-22)26(24,25)20-13-15(2)18(21)12-16(20)3/h5-7,12-13H,8-11H2,1-4H3. The molecule has 0 N–H and O–H groups in total. The molecule has 6 heteroatoms. The van der Waals surface area contributed by atoms with Crippen LogP contribution in [0.5, 0.6) is 0 Å². The molecule has 0 bridgehead atoms. The number of nitrogens with zero attached hydrogens (tertiary/aromatic N) is 2. The van der Waals surface area contributed by atoms with E-state index in [2.05, 4.69) is 36.9 Å². The SMILES string of the molecule is Cc1cc(S(=O)(=O)N2CCN(c3cccc(C)c3C)CC2)c(C)cc1Cl. The number of piperazine rings is 1. The third kappa shape index (κ3) is 3.48. The topological polar surface area (TPSA) is 40.6 Å². The van der Waals surface area contributed by atoms with Crippen LogP contribution in [0.1, 0.15) is 22.3 Å². The first-order chi connectivity index (χ1) is 12.2. The second kappa shape index (κ2) is 7.22. The Morgan fingerprint density at radius 1 is 0.885 bits per heavy atom. The van der Waals surface area contributed by atoms with Crippen molar-refractivity contribution < 1.29 is 8.42 Å². The quantitative estimate of drug-likeness (QED) is 0.790. The summed E-state index contributed by atoms with van der Waals surface area (Å²) in [5, 5.41) is 0.598. The number of halogens is 1. The fraction of sp³-hybridized carbons (Fsp3) is 0.400. The van der Waals surface area contributed by atoms with E-state index in [9.17, 15) is 8.42 Å². The van der Waals surface area contributed by atoms with Crippen molar-refractivity contribution in [2.45, 2.75) is 32.6 Å². The third-order valence-corrected chi connectivity index (χ3v) is 7.68. The van der Waals surface area contributed by atoms with E-state index < -0.39 is 10.0 Å². The third-order valence-electron chi connectivity index (χ3n) is 5.23. The average Bonchev–Trinajstić information content (AvgIpc) is 2.60. The molecule has 0 unspecified atom stereocenters. The molecule has 0 aromatic heterocycles. The van der Waals surface area contributed by atoms with Gasteiger partial charge in [-0.3, -0.25) is 0 Å². The van der Waals surface area contributed by atoms with Gasteiger partial charge in [0.05, 0.1) is 4.90 Å². The predicted octanol–water partition coefficient (Wildman–Crippen LogP) is 4.08. The maximum absolute atomic E-state index is 13.1. The number of hydrogen-bond acceptors (Lipinski definition) is 3. The smallest absolute Gasteiger partial charge is 0.243 e. The van der Waals surface area contributed by atoms with Crippen molar-refractivity contribution in [1.82, 2.24) is 4.31 Å². The molecule has 140 valence electrons. The molecule has 26 heavy (non-hydrogen) atoms. The molecule has 4 nitrogen and oxygen atoms in total. The van der Waals surface area contributed by atoms with E-state index in [4.69, 9.17) is 11.6 Å². The van der Waals surface area contributed by atoms with Crippen molar-refractivity contribution in [2.75, 3.05) is 31.1 Å². The van der Waals surface area contributed by atoms with Crippen LogP contribution in [0.2, 0.25) is 5.02 Å². The van der Waals surface area contributed by atoms with Gasteiger partial charge in [-0.1, -0.05) is 23.7 Å². The van der Waals surface area contributed by atoms with Crippen LogP contribution in [0.3, 0.4) is 0 Å². The van der Waals surface area contributed by atoms with Crippen LogP contribution in [0, 0.1) is 27.7 Å². The molecular formula is C20H25ClN2O2S. The normalized spacial score (nSPS) is 16.1. The van der Waals surface area contributed by atoms with E-state index >= 15 is 0 Å². The lowest BCUT2D eigenvalue weighted by atomic mass is 10.1. The maximum atomic E-state index is 13.1. The van der Waals surface area contributed by atoms with Gasteiger partial charge in [-0.2, -0.15) is 4.31 Å². The molecule has 1 fully saturated rings. The summed E-state index contributed by atoms with van der Waals surface area (Å²) in [7, 11) is -3.51. The number of rotatable bonds is 3. The lowest BCUT2D eigenvalue weighted by Crippen LogP contribution is -2.49. The second-order valence-electron chi connectivity index (χ2n) is 6.98. The van der Waals surface area contributed by atoms with E-state index in [0.29, 0.717) is 41.7 Å². The molecule has 3 rings (SSSR count). The van der Waals surface area contributed by atoms with Gasteiger partial charge in [0, 0.05) is 36.9 Å². The van der Waals surface area contributed by atoms with Crippen LogP contribution < -0.4 is 4.90 Å². The van der Waals surface area contributed by atoms with Gasteiger partial charge in [0.2, 0.25) is 10.0 Å². The highest BCUT2D eigenvalue weighted by Crippen LogP contribution is 2.28. The highest BCUT2D eigenvalue weighted by atomic mass is 35.5. The van der Waals surface area contributed by atoms with Crippen molar-refractivity contribution in [1.29, 1.82) is 0 Å². The Morgan fingerprint density at radius 3 is 2.19 bits per heavy atom. The lowest BCUT2D eigenvalue weighted by Gasteiger charge is -2.36. The predicted molar refractivity (Wildman–Crippen MR) is 108 cm³/mol. The van der Waals surface area contributed by atoms with E-state index in [1.807, 2.05) is 6.92 Å². The van der Waals surface area contributed by atoms with Crippen molar-refractivity contribution in [3.8, 4) is 0 Å². The molecule has 0 atom stereocenters. The molecule has 0 aliphatic carbocycles. The van der Waals surface area contributed by atoms with Crippen molar-refractivity contribution >= 4 is 27.3 Å². The molecule has 0 saturated carbocycles. The Kier molecular flexibility index (Phi) is 5.33. The van der Waals surface area contributed by atoms with Crippen molar-refractivity contribution in [2.24, 2.45) is 0 Å². The minimum absolute atomic E-state index is 0.361. The Bertz CT molecular complexity index is 933. The van der Waals surface area contributed by atoms with Gasteiger partial charge >= 0.3 is 0 Å². The largest absolute Gasteiger partial charge is 0.369 e. The van der Waals surface area contributed by atoms with E-state index in [-0.39, 0.29) is 0 Å². The second-order valence-corrected chi connectivity index (χ2v) is 9.29. The molecule has 1 heterocycles. The zero-order valence-electron chi connectivity index (χ0n) is 15.7. The van der Waals surface area contributed by atoms with Crippen molar-refractivity contribution in [3.63, 3.8) is 0 Å². The summed E-state index contributed by atoms with van der Waals surface area (Å²) in [4.78, 5) is 2.63. The van der Waals surface area contributed by atoms with Crippen molar-refractivity contribution in [3.05, 3.63) is 57.6 Å². The summed E-state index contributed by atoms with van der Waals surface area (Å²) >= 11 is 6.12. The summed E-state index contributed by atoms with van der Waals surface area (Å²) in [5.41, 5.74) is 5.18. The Labute approximate surface area is 161 Å². The number of anilines is 1. The molecule has 1 saturated heterocycles. The highest BCUT2D eigenvalue weighted by Gasteiger charge is 2.30.